The number of aromatic nitrogens is 2. The average molecular weight is 297 g/mol. The van der Waals surface area contributed by atoms with Gasteiger partial charge in [0.05, 0.1) is 17.6 Å². The van der Waals surface area contributed by atoms with Crippen LogP contribution in [0.4, 0.5) is 0 Å². The standard InChI is InChI=1S/C17H19N3O2/c1-2-6-14-8-5-10-19(14)16(21)12-20-17(22)15-9-4-3-7-13(15)11-18-20/h3-5,7-9,11,14H,2,6,10,12H2,1H3/t14-/m0/s1. The van der Waals surface area contributed by atoms with Crippen LogP contribution in [0.15, 0.2) is 47.4 Å². The van der Waals surface area contributed by atoms with Crippen LogP contribution in [0.3, 0.4) is 0 Å². The third-order valence-electron chi connectivity index (χ3n) is 4.01. The van der Waals surface area contributed by atoms with Crippen LogP contribution in [0.5, 0.6) is 0 Å². The number of hydrogen-bond donors (Lipinski definition) is 0. The Labute approximate surface area is 128 Å². The molecule has 2 heterocycles. The molecule has 1 amide bonds. The summed E-state index contributed by atoms with van der Waals surface area (Å²) in [4.78, 5) is 26.7. The molecule has 5 heteroatoms. The minimum atomic E-state index is -0.217. The Hall–Kier alpha value is -2.43. The second kappa shape index (κ2) is 6.13. The van der Waals surface area contributed by atoms with Crippen LogP contribution >= 0.6 is 0 Å². The molecule has 0 radical (unpaired) electrons. The van der Waals surface area contributed by atoms with Crippen molar-refractivity contribution in [1.29, 1.82) is 0 Å². The maximum absolute atomic E-state index is 12.5. The molecule has 1 aliphatic heterocycles. The van der Waals surface area contributed by atoms with Gasteiger partial charge >= 0.3 is 0 Å². The van der Waals surface area contributed by atoms with Crippen LogP contribution < -0.4 is 5.56 Å². The quantitative estimate of drug-likeness (QED) is 0.811. The summed E-state index contributed by atoms with van der Waals surface area (Å²) in [6, 6.07) is 7.44. The van der Waals surface area contributed by atoms with E-state index in [1.807, 2.05) is 29.2 Å². The first-order valence-electron chi connectivity index (χ1n) is 7.61. The number of carbonyl (C=O) groups is 1. The number of nitrogens with zero attached hydrogens (tertiary/aromatic N) is 3. The van der Waals surface area contributed by atoms with Gasteiger partial charge in [0.15, 0.2) is 0 Å². The second-order valence-corrected chi connectivity index (χ2v) is 5.52. The van der Waals surface area contributed by atoms with Gasteiger partial charge in [0.1, 0.15) is 6.54 Å². The number of carbonyl (C=O) groups excluding carboxylic acids is 1. The molecule has 0 saturated carbocycles. The highest BCUT2D eigenvalue weighted by Crippen LogP contribution is 2.15. The van der Waals surface area contributed by atoms with Crippen LogP contribution in [-0.2, 0) is 11.3 Å². The van der Waals surface area contributed by atoms with E-state index in [1.54, 1.807) is 12.3 Å². The van der Waals surface area contributed by atoms with Crippen molar-refractivity contribution in [1.82, 2.24) is 14.7 Å². The lowest BCUT2D eigenvalue weighted by Gasteiger charge is -2.24. The summed E-state index contributed by atoms with van der Waals surface area (Å²) < 4.78 is 1.26. The molecular formula is C17H19N3O2. The van der Waals surface area contributed by atoms with Crippen LogP contribution in [-0.4, -0.2) is 33.2 Å². The second-order valence-electron chi connectivity index (χ2n) is 5.52. The number of fused-ring (bicyclic) bond motifs is 1. The van der Waals surface area contributed by atoms with Crippen LogP contribution in [0.25, 0.3) is 10.8 Å². The van der Waals surface area contributed by atoms with E-state index in [2.05, 4.69) is 18.1 Å². The van der Waals surface area contributed by atoms with Crippen molar-refractivity contribution < 1.29 is 4.79 Å². The molecule has 0 unspecified atom stereocenters. The molecule has 22 heavy (non-hydrogen) atoms. The van der Waals surface area contributed by atoms with Crippen molar-refractivity contribution in [2.45, 2.75) is 32.4 Å². The predicted molar refractivity (Wildman–Crippen MR) is 85.6 cm³/mol. The van der Waals surface area contributed by atoms with E-state index in [4.69, 9.17) is 0 Å². The minimum Gasteiger partial charge on any atom is -0.331 e. The number of benzene rings is 1. The fourth-order valence-corrected chi connectivity index (χ4v) is 2.86. The van der Waals surface area contributed by atoms with Gasteiger partial charge in [-0.05, 0) is 12.5 Å². The Morgan fingerprint density at radius 2 is 2.18 bits per heavy atom. The van der Waals surface area contributed by atoms with Gasteiger partial charge in [-0.1, -0.05) is 43.7 Å². The van der Waals surface area contributed by atoms with E-state index >= 15 is 0 Å². The molecule has 3 rings (SSSR count). The summed E-state index contributed by atoms with van der Waals surface area (Å²) in [7, 11) is 0. The van der Waals surface area contributed by atoms with E-state index < -0.39 is 0 Å². The molecule has 0 N–H and O–H groups in total. The van der Waals surface area contributed by atoms with Crippen LogP contribution in [0.1, 0.15) is 19.8 Å². The van der Waals surface area contributed by atoms with Crippen LogP contribution in [0, 0.1) is 0 Å². The molecule has 1 aromatic heterocycles. The monoisotopic (exact) mass is 297 g/mol. The van der Waals surface area contributed by atoms with Gasteiger partial charge in [0, 0.05) is 11.9 Å². The van der Waals surface area contributed by atoms with Crippen molar-refractivity contribution in [2.24, 2.45) is 0 Å². The molecule has 1 aliphatic rings. The van der Waals surface area contributed by atoms with Gasteiger partial charge < -0.3 is 4.90 Å². The van der Waals surface area contributed by atoms with E-state index in [0.29, 0.717) is 11.9 Å². The van der Waals surface area contributed by atoms with Gasteiger partial charge in [-0.15, -0.1) is 0 Å². The van der Waals surface area contributed by atoms with E-state index in [0.717, 1.165) is 18.2 Å². The zero-order valence-corrected chi connectivity index (χ0v) is 12.6. The number of amides is 1. The lowest BCUT2D eigenvalue weighted by atomic mass is 10.1. The fraction of sp³-hybridized carbons (Fsp3) is 0.353. The van der Waals surface area contributed by atoms with Crippen molar-refractivity contribution in [3.63, 3.8) is 0 Å². The Morgan fingerprint density at radius 3 is 3.00 bits per heavy atom. The van der Waals surface area contributed by atoms with E-state index in [-0.39, 0.29) is 24.1 Å². The molecule has 5 nitrogen and oxygen atoms in total. The summed E-state index contributed by atoms with van der Waals surface area (Å²) in [5.41, 5.74) is -0.217. The lowest BCUT2D eigenvalue weighted by Crippen LogP contribution is -2.40. The Kier molecular flexibility index (Phi) is 4.04. The molecule has 0 bridgehead atoms. The zero-order valence-electron chi connectivity index (χ0n) is 12.6. The highest BCUT2D eigenvalue weighted by atomic mass is 16.2. The van der Waals surface area contributed by atoms with E-state index in [1.165, 1.54) is 4.68 Å². The topological polar surface area (TPSA) is 55.2 Å². The van der Waals surface area contributed by atoms with Crippen molar-refractivity contribution in [2.75, 3.05) is 6.54 Å². The minimum absolute atomic E-state index is 0.00837. The van der Waals surface area contributed by atoms with E-state index in [9.17, 15) is 9.59 Å². The van der Waals surface area contributed by atoms with Crippen molar-refractivity contribution in [3.8, 4) is 0 Å². The normalized spacial score (nSPS) is 17.3. The summed E-state index contributed by atoms with van der Waals surface area (Å²) in [6.07, 6.45) is 7.68. The molecule has 0 spiro atoms. The first-order chi connectivity index (χ1) is 10.7. The smallest absolute Gasteiger partial charge is 0.275 e. The van der Waals surface area contributed by atoms with Gasteiger partial charge in [0.2, 0.25) is 5.91 Å². The van der Waals surface area contributed by atoms with Gasteiger partial charge in [-0.2, -0.15) is 5.10 Å². The third kappa shape index (κ3) is 2.66. The Bertz CT molecular complexity index is 779. The molecule has 114 valence electrons. The molecule has 2 aromatic rings. The zero-order chi connectivity index (χ0) is 15.5. The SMILES string of the molecule is CCC[C@H]1C=CCN1C(=O)Cn1ncc2ccccc2c1=O. The maximum Gasteiger partial charge on any atom is 0.275 e. The van der Waals surface area contributed by atoms with Crippen molar-refractivity contribution >= 4 is 16.7 Å². The summed E-state index contributed by atoms with van der Waals surface area (Å²) >= 11 is 0. The highest BCUT2D eigenvalue weighted by Gasteiger charge is 2.24. The highest BCUT2D eigenvalue weighted by molar-refractivity contribution is 5.81. The van der Waals surface area contributed by atoms with Crippen molar-refractivity contribution in [3.05, 3.63) is 53.0 Å². The summed E-state index contributed by atoms with van der Waals surface area (Å²) in [5.74, 6) is -0.0617. The molecule has 0 saturated heterocycles. The molecule has 0 aliphatic carbocycles. The summed E-state index contributed by atoms with van der Waals surface area (Å²) in [5, 5.41) is 5.51. The average Bonchev–Trinajstić information content (AvgIpc) is 2.99. The first-order valence-corrected chi connectivity index (χ1v) is 7.61. The Morgan fingerprint density at radius 1 is 1.36 bits per heavy atom. The first kappa shape index (κ1) is 14.5. The lowest BCUT2D eigenvalue weighted by molar-refractivity contribution is -0.132. The van der Waals surface area contributed by atoms with Gasteiger partial charge in [0.25, 0.3) is 5.56 Å². The largest absolute Gasteiger partial charge is 0.331 e. The molecular weight excluding hydrogens is 278 g/mol. The molecule has 1 atom stereocenters. The number of hydrogen-bond acceptors (Lipinski definition) is 3. The summed E-state index contributed by atoms with van der Waals surface area (Å²) in [6.45, 7) is 2.71. The predicted octanol–water partition coefficient (Wildman–Crippen LogP) is 1.96. The number of rotatable bonds is 4. The Balaban J connectivity index is 1.83. The van der Waals surface area contributed by atoms with Crippen LogP contribution in [0.2, 0.25) is 0 Å². The van der Waals surface area contributed by atoms with Gasteiger partial charge in [-0.25, -0.2) is 4.68 Å². The molecule has 0 fully saturated rings. The molecule has 1 aromatic carbocycles. The maximum atomic E-state index is 12.5. The fourth-order valence-electron chi connectivity index (χ4n) is 2.86. The van der Waals surface area contributed by atoms with Gasteiger partial charge in [-0.3, -0.25) is 9.59 Å². The third-order valence-corrected chi connectivity index (χ3v) is 4.01.